The van der Waals surface area contributed by atoms with Crippen LogP contribution in [0.15, 0.2) is 53.4 Å². The SMILES string of the molecule is CN(Cc1ccccc1)C(=O)c1ccc(F)c(S(=O)(=O)N2CCCCC2)c1. The Balaban J connectivity index is 1.85. The van der Waals surface area contributed by atoms with E-state index in [-0.39, 0.29) is 11.5 Å². The Kier molecular flexibility index (Phi) is 5.92. The van der Waals surface area contributed by atoms with E-state index in [0.29, 0.717) is 19.6 Å². The summed E-state index contributed by atoms with van der Waals surface area (Å²) in [5.41, 5.74) is 1.11. The van der Waals surface area contributed by atoms with E-state index in [1.165, 1.54) is 15.3 Å². The van der Waals surface area contributed by atoms with Crippen molar-refractivity contribution in [2.45, 2.75) is 30.7 Å². The summed E-state index contributed by atoms with van der Waals surface area (Å²) in [5.74, 6) is -1.18. The van der Waals surface area contributed by atoms with Gasteiger partial charge in [-0.25, -0.2) is 12.8 Å². The van der Waals surface area contributed by atoms with Crippen LogP contribution in [0.2, 0.25) is 0 Å². The number of rotatable bonds is 5. The van der Waals surface area contributed by atoms with Gasteiger partial charge < -0.3 is 4.90 Å². The van der Waals surface area contributed by atoms with E-state index in [2.05, 4.69) is 0 Å². The van der Waals surface area contributed by atoms with Crippen molar-refractivity contribution in [3.8, 4) is 0 Å². The van der Waals surface area contributed by atoms with Crippen molar-refractivity contribution in [3.63, 3.8) is 0 Å². The zero-order valence-corrected chi connectivity index (χ0v) is 16.1. The zero-order chi connectivity index (χ0) is 19.4. The molecule has 7 heteroatoms. The number of carbonyl (C=O) groups is 1. The van der Waals surface area contributed by atoms with Crippen LogP contribution in [0.5, 0.6) is 0 Å². The van der Waals surface area contributed by atoms with Gasteiger partial charge in [-0.15, -0.1) is 0 Å². The number of hydrogen-bond donors (Lipinski definition) is 0. The van der Waals surface area contributed by atoms with Crippen LogP contribution in [0.1, 0.15) is 35.2 Å². The van der Waals surface area contributed by atoms with E-state index in [4.69, 9.17) is 0 Å². The maximum Gasteiger partial charge on any atom is 0.253 e. The number of carbonyl (C=O) groups excluding carboxylic acids is 1. The first-order valence-electron chi connectivity index (χ1n) is 8.98. The molecule has 0 saturated carbocycles. The second-order valence-corrected chi connectivity index (χ2v) is 8.66. The Bertz CT molecular complexity index is 910. The van der Waals surface area contributed by atoms with Gasteiger partial charge in [-0.3, -0.25) is 4.79 Å². The predicted molar refractivity (Wildman–Crippen MR) is 101 cm³/mol. The van der Waals surface area contributed by atoms with Gasteiger partial charge in [0.2, 0.25) is 10.0 Å². The van der Waals surface area contributed by atoms with Crippen LogP contribution in [0.3, 0.4) is 0 Å². The summed E-state index contributed by atoms with van der Waals surface area (Å²) in [7, 11) is -2.31. The van der Waals surface area contributed by atoms with Crippen molar-refractivity contribution < 1.29 is 17.6 Å². The predicted octanol–water partition coefficient (Wildman–Crippen LogP) is 3.27. The van der Waals surface area contributed by atoms with Crippen LogP contribution < -0.4 is 0 Å². The number of hydrogen-bond acceptors (Lipinski definition) is 3. The van der Waals surface area contributed by atoms with Crippen molar-refractivity contribution in [3.05, 3.63) is 65.5 Å². The molecular weight excluding hydrogens is 367 g/mol. The summed E-state index contributed by atoms with van der Waals surface area (Å²) in [4.78, 5) is 13.8. The molecule has 2 aromatic carbocycles. The van der Waals surface area contributed by atoms with Crippen LogP contribution in [0.25, 0.3) is 0 Å². The molecule has 0 atom stereocenters. The quantitative estimate of drug-likeness (QED) is 0.787. The molecule has 1 aliphatic heterocycles. The minimum atomic E-state index is -3.95. The molecule has 0 spiro atoms. The average Bonchev–Trinajstić information content (AvgIpc) is 2.69. The Morgan fingerprint density at radius 2 is 1.74 bits per heavy atom. The van der Waals surface area contributed by atoms with Crippen molar-refractivity contribution in [2.24, 2.45) is 0 Å². The molecule has 1 aliphatic rings. The Morgan fingerprint density at radius 1 is 1.07 bits per heavy atom. The fraction of sp³-hybridized carbons (Fsp3) is 0.350. The second-order valence-electron chi connectivity index (χ2n) is 6.76. The maximum atomic E-state index is 14.3. The Labute approximate surface area is 159 Å². The number of sulfonamides is 1. The van der Waals surface area contributed by atoms with Crippen molar-refractivity contribution in [1.29, 1.82) is 0 Å². The van der Waals surface area contributed by atoms with E-state index < -0.39 is 20.7 Å². The minimum Gasteiger partial charge on any atom is -0.337 e. The number of benzene rings is 2. The van der Waals surface area contributed by atoms with Gasteiger partial charge in [-0.05, 0) is 36.6 Å². The van der Waals surface area contributed by atoms with Gasteiger partial charge in [0.05, 0.1) is 0 Å². The highest BCUT2D eigenvalue weighted by Gasteiger charge is 2.29. The van der Waals surface area contributed by atoms with Crippen LogP contribution >= 0.6 is 0 Å². The van der Waals surface area contributed by atoms with Crippen LogP contribution in [0, 0.1) is 5.82 Å². The van der Waals surface area contributed by atoms with Gasteiger partial charge in [0.15, 0.2) is 0 Å². The van der Waals surface area contributed by atoms with Crippen LogP contribution in [-0.2, 0) is 16.6 Å². The largest absolute Gasteiger partial charge is 0.337 e. The Hall–Kier alpha value is -2.25. The average molecular weight is 390 g/mol. The van der Waals surface area contributed by atoms with Crippen molar-refractivity contribution in [1.82, 2.24) is 9.21 Å². The number of piperidine rings is 1. The summed E-state index contributed by atoms with van der Waals surface area (Å²) in [6, 6.07) is 13.0. The first kappa shape index (κ1) is 19.5. The van der Waals surface area contributed by atoms with Gasteiger partial charge in [0.1, 0.15) is 10.7 Å². The second kappa shape index (κ2) is 8.19. The van der Waals surface area contributed by atoms with Crippen molar-refractivity contribution in [2.75, 3.05) is 20.1 Å². The summed E-state index contributed by atoms with van der Waals surface area (Å²) in [6.07, 6.45) is 2.50. The zero-order valence-electron chi connectivity index (χ0n) is 15.3. The van der Waals surface area contributed by atoms with Crippen LogP contribution in [-0.4, -0.2) is 43.7 Å². The van der Waals surface area contributed by atoms with Crippen LogP contribution in [0.4, 0.5) is 4.39 Å². The van der Waals surface area contributed by atoms with E-state index >= 15 is 0 Å². The molecule has 144 valence electrons. The molecule has 27 heavy (non-hydrogen) atoms. The Morgan fingerprint density at radius 3 is 2.41 bits per heavy atom. The highest BCUT2D eigenvalue weighted by molar-refractivity contribution is 7.89. The van der Waals surface area contributed by atoms with Gasteiger partial charge in [0, 0.05) is 32.2 Å². The van der Waals surface area contributed by atoms with Gasteiger partial charge in [-0.1, -0.05) is 36.8 Å². The number of halogens is 1. The summed E-state index contributed by atoms with van der Waals surface area (Å²) < 4.78 is 41.2. The molecule has 1 amide bonds. The molecular formula is C20H23FN2O3S. The molecule has 3 rings (SSSR count). The highest BCUT2D eigenvalue weighted by atomic mass is 32.2. The third kappa shape index (κ3) is 4.36. The van der Waals surface area contributed by atoms with E-state index in [0.717, 1.165) is 37.0 Å². The third-order valence-corrected chi connectivity index (χ3v) is 6.63. The molecule has 0 bridgehead atoms. The lowest BCUT2D eigenvalue weighted by molar-refractivity contribution is 0.0784. The lowest BCUT2D eigenvalue weighted by Crippen LogP contribution is -2.36. The van der Waals surface area contributed by atoms with E-state index in [1.807, 2.05) is 30.3 Å². The molecule has 0 radical (unpaired) electrons. The first-order valence-corrected chi connectivity index (χ1v) is 10.4. The van der Waals surface area contributed by atoms with E-state index in [9.17, 15) is 17.6 Å². The molecule has 1 saturated heterocycles. The standard InChI is InChI=1S/C20H23FN2O3S/c1-22(15-16-8-4-2-5-9-16)20(24)17-10-11-18(21)19(14-17)27(25,26)23-12-6-3-7-13-23/h2,4-5,8-11,14H,3,6-7,12-13,15H2,1H3. The molecule has 1 heterocycles. The molecule has 5 nitrogen and oxygen atoms in total. The molecule has 0 aliphatic carbocycles. The molecule has 0 N–H and O–H groups in total. The fourth-order valence-electron chi connectivity index (χ4n) is 3.23. The molecule has 0 aromatic heterocycles. The summed E-state index contributed by atoms with van der Waals surface area (Å²) in [5, 5.41) is 0. The maximum absolute atomic E-state index is 14.3. The monoisotopic (exact) mass is 390 g/mol. The fourth-order valence-corrected chi connectivity index (χ4v) is 4.84. The number of amides is 1. The normalized spacial score (nSPS) is 15.5. The smallest absolute Gasteiger partial charge is 0.253 e. The van der Waals surface area contributed by atoms with E-state index in [1.54, 1.807) is 7.05 Å². The lowest BCUT2D eigenvalue weighted by Gasteiger charge is -2.26. The topological polar surface area (TPSA) is 57.7 Å². The molecule has 1 fully saturated rings. The highest BCUT2D eigenvalue weighted by Crippen LogP contribution is 2.24. The summed E-state index contributed by atoms with van der Waals surface area (Å²) >= 11 is 0. The minimum absolute atomic E-state index is 0.158. The molecule has 0 unspecified atom stereocenters. The van der Waals surface area contributed by atoms with Crippen molar-refractivity contribution >= 4 is 15.9 Å². The third-order valence-electron chi connectivity index (χ3n) is 4.72. The summed E-state index contributed by atoms with van der Waals surface area (Å²) in [6.45, 7) is 1.15. The van der Waals surface area contributed by atoms with Gasteiger partial charge in [-0.2, -0.15) is 4.31 Å². The van der Waals surface area contributed by atoms with Gasteiger partial charge >= 0.3 is 0 Å². The molecule has 2 aromatic rings. The van der Waals surface area contributed by atoms with Gasteiger partial charge in [0.25, 0.3) is 5.91 Å². The lowest BCUT2D eigenvalue weighted by atomic mass is 10.1. The first-order chi connectivity index (χ1) is 12.9. The number of nitrogens with zero attached hydrogens (tertiary/aromatic N) is 2.